The Morgan fingerprint density at radius 1 is 1.40 bits per heavy atom. The maximum atomic E-state index is 12.0. The number of carboxylic acids is 1. The van der Waals surface area contributed by atoms with E-state index in [0.29, 0.717) is 17.7 Å². The van der Waals surface area contributed by atoms with Crippen molar-refractivity contribution in [2.45, 2.75) is 32.2 Å². The summed E-state index contributed by atoms with van der Waals surface area (Å²) < 4.78 is 5.11. The Balaban J connectivity index is 2.14. The van der Waals surface area contributed by atoms with Gasteiger partial charge in [-0.3, -0.25) is 4.79 Å². The minimum atomic E-state index is -1.27. The Morgan fingerprint density at radius 2 is 2.10 bits per heavy atom. The molecule has 0 aliphatic carbocycles. The number of rotatable bonds is 5. The zero-order valence-corrected chi connectivity index (χ0v) is 11.3. The van der Waals surface area contributed by atoms with E-state index in [9.17, 15) is 9.59 Å². The van der Waals surface area contributed by atoms with Gasteiger partial charge in [-0.25, -0.2) is 4.79 Å². The molecule has 1 aromatic carbocycles. The molecule has 0 fully saturated rings. The van der Waals surface area contributed by atoms with Crippen molar-refractivity contribution in [3.63, 3.8) is 0 Å². The lowest BCUT2D eigenvalue weighted by Crippen LogP contribution is -2.52. The number of hydrogen-bond acceptors (Lipinski definition) is 4. The highest BCUT2D eigenvalue weighted by Crippen LogP contribution is 2.18. The number of para-hydroxylation sites is 1. The molecule has 0 radical (unpaired) electrons. The Kier molecular flexibility index (Phi) is 3.74. The number of aliphatic carboxylic acids is 1. The predicted molar refractivity (Wildman–Crippen MR) is 72.2 cm³/mol. The molecule has 2 aromatic rings. The van der Waals surface area contributed by atoms with Gasteiger partial charge in [0.25, 0.3) is 0 Å². The van der Waals surface area contributed by atoms with Crippen LogP contribution in [-0.2, 0) is 16.0 Å². The van der Waals surface area contributed by atoms with Crippen molar-refractivity contribution >= 4 is 22.8 Å². The zero-order chi connectivity index (χ0) is 14.8. The first-order valence-electron chi connectivity index (χ1n) is 6.34. The highest BCUT2D eigenvalue weighted by atomic mass is 16.5. The molecular weight excluding hydrogens is 260 g/mol. The second kappa shape index (κ2) is 5.32. The van der Waals surface area contributed by atoms with E-state index in [1.807, 2.05) is 18.2 Å². The number of benzene rings is 1. The van der Waals surface area contributed by atoms with Crippen molar-refractivity contribution < 1.29 is 19.2 Å². The Labute approximate surface area is 115 Å². The first kappa shape index (κ1) is 14.0. The summed E-state index contributed by atoms with van der Waals surface area (Å²) in [7, 11) is 0. The highest BCUT2D eigenvalue weighted by molar-refractivity contribution is 5.90. The van der Waals surface area contributed by atoms with Crippen LogP contribution in [0, 0.1) is 0 Å². The van der Waals surface area contributed by atoms with E-state index in [0.717, 1.165) is 5.39 Å². The molecule has 0 bridgehead atoms. The molecule has 0 aliphatic heterocycles. The number of carboxylic acid groups (broad SMARTS) is 1. The molecule has 6 nitrogen and oxygen atoms in total. The van der Waals surface area contributed by atoms with Crippen molar-refractivity contribution in [1.82, 2.24) is 10.5 Å². The van der Waals surface area contributed by atoms with Crippen LogP contribution in [0.4, 0.5) is 0 Å². The van der Waals surface area contributed by atoms with Crippen LogP contribution in [0.5, 0.6) is 0 Å². The predicted octanol–water partition coefficient (Wildman–Crippen LogP) is 1.74. The van der Waals surface area contributed by atoms with Gasteiger partial charge in [-0.1, -0.05) is 24.2 Å². The number of aromatic nitrogens is 1. The first-order chi connectivity index (χ1) is 9.46. The van der Waals surface area contributed by atoms with Crippen LogP contribution < -0.4 is 5.32 Å². The van der Waals surface area contributed by atoms with Gasteiger partial charge in [-0.15, -0.1) is 0 Å². The topological polar surface area (TPSA) is 92.4 Å². The fourth-order valence-electron chi connectivity index (χ4n) is 1.86. The molecule has 1 amide bonds. The Morgan fingerprint density at radius 3 is 2.75 bits per heavy atom. The largest absolute Gasteiger partial charge is 0.480 e. The van der Waals surface area contributed by atoms with Crippen molar-refractivity contribution in [3.05, 3.63) is 30.0 Å². The molecule has 0 spiro atoms. The summed E-state index contributed by atoms with van der Waals surface area (Å²) in [6.45, 7) is 3.19. The average Bonchev–Trinajstić information content (AvgIpc) is 2.82. The van der Waals surface area contributed by atoms with E-state index < -0.39 is 17.4 Å². The third-order valence-corrected chi connectivity index (χ3v) is 3.37. The lowest BCUT2D eigenvalue weighted by Gasteiger charge is -2.24. The number of nitrogens with zero attached hydrogens (tertiary/aromatic N) is 1. The van der Waals surface area contributed by atoms with Crippen LogP contribution in [0.2, 0.25) is 0 Å². The van der Waals surface area contributed by atoms with Gasteiger partial charge in [0.2, 0.25) is 5.91 Å². The van der Waals surface area contributed by atoms with Gasteiger partial charge in [0.05, 0.1) is 6.42 Å². The molecule has 1 atom stereocenters. The van der Waals surface area contributed by atoms with E-state index in [1.54, 1.807) is 13.0 Å². The summed E-state index contributed by atoms with van der Waals surface area (Å²) >= 11 is 0. The molecular formula is C14H16N2O4. The normalized spacial score (nSPS) is 13.9. The molecule has 1 aromatic heterocycles. The third-order valence-electron chi connectivity index (χ3n) is 3.37. The van der Waals surface area contributed by atoms with Crippen LogP contribution >= 0.6 is 0 Å². The van der Waals surface area contributed by atoms with Gasteiger partial charge in [-0.2, -0.15) is 0 Å². The highest BCUT2D eigenvalue weighted by Gasteiger charge is 2.32. The number of fused-ring (bicyclic) bond motifs is 1. The van der Waals surface area contributed by atoms with Crippen molar-refractivity contribution in [2.75, 3.05) is 0 Å². The van der Waals surface area contributed by atoms with E-state index in [4.69, 9.17) is 9.63 Å². The van der Waals surface area contributed by atoms with Crippen LogP contribution in [0.3, 0.4) is 0 Å². The van der Waals surface area contributed by atoms with E-state index >= 15 is 0 Å². The van der Waals surface area contributed by atoms with Gasteiger partial charge in [0.15, 0.2) is 5.58 Å². The number of amides is 1. The second-order valence-electron chi connectivity index (χ2n) is 4.84. The third kappa shape index (κ3) is 2.64. The summed E-state index contributed by atoms with van der Waals surface area (Å²) in [4.78, 5) is 23.1. The quantitative estimate of drug-likeness (QED) is 0.867. The standard InChI is InChI=1S/C14H16N2O4/c1-3-14(2,13(18)19)15-12(17)8-10-9-6-4-5-7-11(9)20-16-10/h4-7H,3,8H2,1-2H3,(H,15,17)(H,18,19). The zero-order valence-electron chi connectivity index (χ0n) is 11.3. The van der Waals surface area contributed by atoms with Gasteiger partial charge >= 0.3 is 5.97 Å². The first-order valence-corrected chi connectivity index (χ1v) is 6.34. The lowest BCUT2D eigenvalue weighted by molar-refractivity contribution is -0.146. The monoisotopic (exact) mass is 276 g/mol. The maximum Gasteiger partial charge on any atom is 0.329 e. The summed E-state index contributed by atoms with van der Waals surface area (Å²) in [5, 5.41) is 16.3. The molecule has 6 heteroatoms. The molecule has 20 heavy (non-hydrogen) atoms. The number of carbonyl (C=O) groups is 2. The summed E-state index contributed by atoms with van der Waals surface area (Å²) in [5.41, 5.74) is -0.162. The van der Waals surface area contributed by atoms with Crippen LogP contribution in [0.1, 0.15) is 26.0 Å². The number of nitrogens with one attached hydrogen (secondary N) is 1. The molecule has 1 unspecified atom stereocenters. The minimum Gasteiger partial charge on any atom is -0.480 e. The minimum absolute atomic E-state index is 0.0140. The van der Waals surface area contributed by atoms with Crippen LogP contribution in [-0.4, -0.2) is 27.7 Å². The Hall–Kier alpha value is -2.37. The summed E-state index contributed by atoms with van der Waals surface area (Å²) in [6.07, 6.45) is 0.285. The summed E-state index contributed by atoms with van der Waals surface area (Å²) in [6, 6.07) is 7.21. The molecule has 106 valence electrons. The molecule has 1 heterocycles. The fourth-order valence-corrected chi connectivity index (χ4v) is 1.86. The average molecular weight is 276 g/mol. The van der Waals surface area contributed by atoms with Gasteiger partial charge < -0.3 is 14.9 Å². The number of carbonyl (C=O) groups excluding carboxylic acids is 1. The van der Waals surface area contributed by atoms with Crippen LogP contribution in [0.15, 0.2) is 28.8 Å². The maximum absolute atomic E-state index is 12.0. The Bertz CT molecular complexity index is 649. The fraction of sp³-hybridized carbons (Fsp3) is 0.357. The van der Waals surface area contributed by atoms with Gasteiger partial charge in [0, 0.05) is 5.39 Å². The van der Waals surface area contributed by atoms with Gasteiger partial charge in [0.1, 0.15) is 11.2 Å². The van der Waals surface area contributed by atoms with Crippen LogP contribution in [0.25, 0.3) is 11.0 Å². The molecule has 0 saturated heterocycles. The summed E-state index contributed by atoms with van der Waals surface area (Å²) in [5.74, 6) is -1.45. The van der Waals surface area contributed by atoms with E-state index in [2.05, 4.69) is 10.5 Å². The number of hydrogen-bond donors (Lipinski definition) is 2. The smallest absolute Gasteiger partial charge is 0.329 e. The lowest BCUT2D eigenvalue weighted by atomic mass is 9.99. The van der Waals surface area contributed by atoms with Crippen molar-refractivity contribution in [2.24, 2.45) is 0 Å². The van der Waals surface area contributed by atoms with Gasteiger partial charge in [-0.05, 0) is 25.5 Å². The second-order valence-corrected chi connectivity index (χ2v) is 4.84. The van der Waals surface area contributed by atoms with E-state index in [-0.39, 0.29) is 6.42 Å². The van der Waals surface area contributed by atoms with E-state index in [1.165, 1.54) is 6.92 Å². The van der Waals surface area contributed by atoms with Crippen molar-refractivity contribution in [1.29, 1.82) is 0 Å². The molecule has 0 saturated carbocycles. The van der Waals surface area contributed by atoms with Crippen molar-refractivity contribution in [3.8, 4) is 0 Å². The molecule has 2 rings (SSSR count). The SMILES string of the molecule is CCC(C)(NC(=O)Cc1noc2ccccc12)C(=O)O. The molecule has 2 N–H and O–H groups in total. The molecule has 0 aliphatic rings.